The van der Waals surface area contributed by atoms with Gasteiger partial charge in [-0.25, -0.2) is 4.79 Å². The van der Waals surface area contributed by atoms with Crippen molar-refractivity contribution < 1.29 is 35.3 Å². The summed E-state index contributed by atoms with van der Waals surface area (Å²) in [6.45, 7) is 6.49. The first kappa shape index (κ1) is 26.8. The topological polar surface area (TPSA) is 82.6 Å². The van der Waals surface area contributed by atoms with Crippen LogP contribution in [0.15, 0.2) is 41.4 Å². The molecular weight excluding hydrogens is 459 g/mol. The van der Waals surface area contributed by atoms with Crippen molar-refractivity contribution in [3.63, 3.8) is 0 Å². The molecule has 0 amide bonds. The number of unbranched alkanes of at least 4 members (excludes halogenated alkanes) is 2. The van der Waals surface area contributed by atoms with Crippen molar-refractivity contribution in [2.75, 3.05) is 6.61 Å². The maximum Gasteiger partial charge on any atom is 0.434 e. The fourth-order valence-corrected chi connectivity index (χ4v) is 3.96. The molecule has 0 aliphatic rings. The molecule has 0 aliphatic heterocycles. The highest BCUT2D eigenvalue weighted by Gasteiger charge is 2.39. The molecule has 0 N–H and O–H groups in total. The van der Waals surface area contributed by atoms with Crippen molar-refractivity contribution in [3.8, 4) is 0 Å². The molecule has 0 saturated heterocycles. The normalized spacial score (nSPS) is 12.6. The molecule has 6 nitrogen and oxygen atoms in total. The van der Waals surface area contributed by atoms with Crippen molar-refractivity contribution in [1.82, 2.24) is 4.98 Å². The second-order valence-corrected chi connectivity index (χ2v) is 10.2. The number of rotatable bonds is 9. The van der Waals surface area contributed by atoms with Crippen molar-refractivity contribution in [2.45, 2.75) is 70.1 Å². The standard InChI is InChI=1S/C23H28F3NO5S/c1-16-9-11-18(12-10-16)33(29,30)31-15-7-5-6-8-17-13-14-27-20(23(24,25)26)19(17)21(28)32-22(2,3)4/h9-14H,5-8,15H2,1-4H3. The predicted molar refractivity (Wildman–Crippen MR) is 116 cm³/mol. The molecule has 2 aromatic rings. The van der Waals surface area contributed by atoms with Crippen LogP contribution < -0.4 is 0 Å². The van der Waals surface area contributed by atoms with E-state index in [0.29, 0.717) is 19.3 Å². The van der Waals surface area contributed by atoms with Crippen LogP contribution >= 0.6 is 0 Å². The quantitative estimate of drug-likeness (QED) is 0.265. The van der Waals surface area contributed by atoms with E-state index in [1.54, 1.807) is 32.9 Å². The number of carbonyl (C=O) groups is 1. The van der Waals surface area contributed by atoms with E-state index in [4.69, 9.17) is 8.92 Å². The molecule has 0 unspecified atom stereocenters. The lowest BCUT2D eigenvalue weighted by Gasteiger charge is -2.22. The lowest BCUT2D eigenvalue weighted by Crippen LogP contribution is -2.27. The number of carbonyl (C=O) groups excluding carboxylic acids is 1. The first-order valence-electron chi connectivity index (χ1n) is 10.5. The summed E-state index contributed by atoms with van der Waals surface area (Å²) in [5, 5.41) is 0. The highest BCUT2D eigenvalue weighted by molar-refractivity contribution is 7.86. The van der Waals surface area contributed by atoms with Gasteiger partial charge in [-0.2, -0.15) is 21.6 Å². The first-order chi connectivity index (χ1) is 15.2. The Morgan fingerprint density at radius 3 is 2.21 bits per heavy atom. The second-order valence-electron chi connectivity index (χ2n) is 8.59. The van der Waals surface area contributed by atoms with E-state index in [0.717, 1.165) is 11.8 Å². The van der Waals surface area contributed by atoms with Crippen LogP contribution in [0.5, 0.6) is 0 Å². The van der Waals surface area contributed by atoms with Gasteiger partial charge in [-0.1, -0.05) is 24.1 Å². The summed E-state index contributed by atoms with van der Waals surface area (Å²) in [6, 6.07) is 7.63. The zero-order valence-electron chi connectivity index (χ0n) is 19.0. The third kappa shape index (κ3) is 8.12. The first-order valence-corrected chi connectivity index (χ1v) is 11.9. The summed E-state index contributed by atoms with van der Waals surface area (Å²) in [4.78, 5) is 15.9. The molecule has 33 heavy (non-hydrogen) atoms. The zero-order valence-corrected chi connectivity index (χ0v) is 19.8. The van der Waals surface area contributed by atoms with Gasteiger partial charge in [-0.3, -0.25) is 9.17 Å². The van der Waals surface area contributed by atoms with E-state index in [1.807, 2.05) is 6.92 Å². The fraction of sp³-hybridized carbons (Fsp3) is 0.478. The second kappa shape index (κ2) is 10.6. The molecule has 182 valence electrons. The Balaban J connectivity index is 1.99. The van der Waals surface area contributed by atoms with Crippen molar-refractivity contribution >= 4 is 16.1 Å². The molecular formula is C23H28F3NO5S. The smallest absolute Gasteiger partial charge is 0.434 e. The Kier molecular flexibility index (Phi) is 8.64. The summed E-state index contributed by atoms with van der Waals surface area (Å²) in [5.41, 5.74) is -1.72. The van der Waals surface area contributed by atoms with Gasteiger partial charge in [0.05, 0.1) is 17.1 Å². The number of hydrogen-bond acceptors (Lipinski definition) is 6. The number of pyridine rings is 1. The average Bonchev–Trinajstić information content (AvgIpc) is 2.68. The van der Waals surface area contributed by atoms with Gasteiger partial charge < -0.3 is 4.74 Å². The van der Waals surface area contributed by atoms with Gasteiger partial charge in [0.25, 0.3) is 10.1 Å². The number of benzene rings is 1. The molecule has 0 saturated carbocycles. The Morgan fingerprint density at radius 2 is 1.64 bits per heavy atom. The summed E-state index contributed by atoms with van der Waals surface area (Å²) in [6.07, 6.45) is -2.33. The van der Waals surface area contributed by atoms with Crippen molar-refractivity contribution in [2.24, 2.45) is 0 Å². The summed E-state index contributed by atoms with van der Waals surface area (Å²) in [7, 11) is -3.87. The molecule has 2 rings (SSSR count). The number of ether oxygens (including phenoxy) is 1. The van der Waals surface area contributed by atoms with Gasteiger partial charge in [0, 0.05) is 6.20 Å². The SMILES string of the molecule is Cc1ccc(S(=O)(=O)OCCCCCc2ccnc(C(F)(F)F)c2C(=O)OC(C)(C)C)cc1. The van der Waals surface area contributed by atoms with E-state index < -0.39 is 39.1 Å². The minimum absolute atomic E-state index is 0.0563. The largest absolute Gasteiger partial charge is 0.456 e. The lowest BCUT2D eigenvalue weighted by molar-refractivity contribution is -0.142. The molecule has 0 radical (unpaired) electrons. The maximum atomic E-state index is 13.4. The highest BCUT2D eigenvalue weighted by atomic mass is 32.2. The molecule has 1 heterocycles. The van der Waals surface area contributed by atoms with Crippen molar-refractivity contribution in [3.05, 3.63) is 58.9 Å². The number of aromatic nitrogens is 1. The summed E-state index contributed by atoms with van der Waals surface area (Å²) in [5.74, 6) is -1.08. The number of aryl methyl sites for hydroxylation is 2. The number of hydrogen-bond donors (Lipinski definition) is 0. The molecule has 0 bridgehead atoms. The molecule has 0 spiro atoms. The molecule has 0 fully saturated rings. The zero-order chi connectivity index (χ0) is 24.9. The van der Waals surface area contributed by atoms with E-state index in [-0.39, 0.29) is 23.5 Å². The highest BCUT2D eigenvalue weighted by Crippen LogP contribution is 2.33. The molecule has 0 aliphatic carbocycles. The van der Waals surface area contributed by atoms with Gasteiger partial charge in [-0.05, 0) is 70.7 Å². The third-order valence-corrected chi connectivity index (χ3v) is 5.87. The maximum absolute atomic E-state index is 13.4. The van der Waals surface area contributed by atoms with Crippen LogP contribution in [0.25, 0.3) is 0 Å². The van der Waals surface area contributed by atoms with Gasteiger partial charge in [-0.15, -0.1) is 0 Å². The van der Waals surface area contributed by atoms with Gasteiger partial charge in [0.15, 0.2) is 5.69 Å². The predicted octanol–water partition coefficient (Wildman–Crippen LogP) is 5.48. The van der Waals surface area contributed by atoms with E-state index in [9.17, 15) is 26.4 Å². The Labute approximate surface area is 192 Å². The van der Waals surface area contributed by atoms with Crippen LogP contribution in [-0.2, 0) is 31.6 Å². The van der Waals surface area contributed by atoms with Crippen LogP contribution in [0.2, 0.25) is 0 Å². The van der Waals surface area contributed by atoms with Gasteiger partial charge in [0.2, 0.25) is 0 Å². The minimum atomic E-state index is -4.81. The van der Waals surface area contributed by atoms with Gasteiger partial charge in [0.1, 0.15) is 5.60 Å². The van der Waals surface area contributed by atoms with E-state index >= 15 is 0 Å². The lowest BCUT2D eigenvalue weighted by atomic mass is 10.00. The van der Waals surface area contributed by atoms with Crippen LogP contribution in [0, 0.1) is 6.92 Å². The molecule has 0 atom stereocenters. The number of halogens is 3. The summed E-state index contributed by atoms with van der Waals surface area (Å²) >= 11 is 0. The fourth-order valence-electron chi connectivity index (χ4n) is 3.02. The van der Waals surface area contributed by atoms with Crippen LogP contribution in [0.1, 0.15) is 67.2 Å². The Hall–Kier alpha value is -2.46. The Morgan fingerprint density at radius 1 is 1.00 bits per heavy atom. The average molecular weight is 488 g/mol. The molecule has 10 heteroatoms. The van der Waals surface area contributed by atoms with Crippen LogP contribution in [0.3, 0.4) is 0 Å². The van der Waals surface area contributed by atoms with E-state index in [1.165, 1.54) is 18.2 Å². The monoisotopic (exact) mass is 487 g/mol. The molecule has 1 aromatic heterocycles. The van der Waals surface area contributed by atoms with Gasteiger partial charge >= 0.3 is 12.1 Å². The third-order valence-electron chi connectivity index (χ3n) is 4.55. The van der Waals surface area contributed by atoms with Crippen LogP contribution in [-0.4, -0.2) is 31.6 Å². The summed E-state index contributed by atoms with van der Waals surface area (Å²) < 4.78 is 74.9. The number of esters is 1. The molecule has 1 aromatic carbocycles. The van der Waals surface area contributed by atoms with Crippen molar-refractivity contribution in [1.29, 1.82) is 0 Å². The number of alkyl halides is 3. The minimum Gasteiger partial charge on any atom is -0.456 e. The van der Waals surface area contributed by atoms with Crippen LogP contribution in [0.4, 0.5) is 13.2 Å². The van der Waals surface area contributed by atoms with E-state index in [2.05, 4.69) is 4.98 Å². The number of nitrogens with zero attached hydrogens (tertiary/aromatic N) is 1. The Bertz CT molecular complexity index is 1060.